The molecule has 0 bridgehead atoms. The van der Waals surface area contributed by atoms with Crippen LogP contribution >= 0.6 is 0 Å². The fourth-order valence-corrected chi connectivity index (χ4v) is 13.2. The lowest BCUT2D eigenvalue weighted by atomic mass is 9.33. The Morgan fingerprint density at radius 1 is 0.918 bits per heavy atom. The van der Waals surface area contributed by atoms with Gasteiger partial charge in [-0.25, -0.2) is 9.59 Å². The second-order valence-electron chi connectivity index (χ2n) is 18.2. The number of benzene rings is 1. The number of carbonyl (C=O) groups excluding carboxylic acids is 1. The molecule has 4 N–H and O–H groups in total. The highest BCUT2D eigenvalue weighted by molar-refractivity contribution is 5.88. The van der Waals surface area contributed by atoms with Crippen LogP contribution in [-0.2, 0) is 0 Å². The maximum absolute atomic E-state index is 13.5. The van der Waals surface area contributed by atoms with Crippen LogP contribution in [0, 0.1) is 51.2 Å². The number of fused-ring (bicyclic) bond motifs is 7. The number of nitrogens with zero attached hydrogens (tertiary/aromatic N) is 1. The number of likely N-dealkylation sites (N-methyl/N-ethyl adjacent to an activating group) is 1. The molecule has 0 aromatic heterocycles. The Hall–Kier alpha value is -2.64. The standard InChI is InChI=1S/C42H63N3O4/c1-27(2)30-15-20-42(44-37(49)43-23-24-45(8)25-26-46)22-21-40(6)32(35(30)42)13-14-34-39(5)18-16-31(28-9-11-29(12-10-28)36(47)48)38(3,4)33(39)17-19-41(34,40)7/h9-12,16,30,32-35,46H,1,13-15,17-26H2,2-8H3,(H,47,48)(H2,43,44,49)/t30-,32+,33-,34+,35+,39-,40+,41+,42-/m0/s1. The Morgan fingerprint density at radius 3 is 2.29 bits per heavy atom. The van der Waals surface area contributed by atoms with Gasteiger partial charge in [0.2, 0.25) is 0 Å². The van der Waals surface area contributed by atoms with Gasteiger partial charge in [-0.15, -0.1) is 0 Å². The van der Waals surface area contributed by atoms with Gasteiger partial charge in [0, 0.05) is 25.2 Å². The zero-order valence-electron chi connectivity index (χ0n) is 31.3. The quantitative estimate of drug-likeness (QED) is 0.199. The van der Waals surface area contributed by atoms with Crippen molar-refractivity contribution in [1.29, 1.82) is 0 Å². The first-order chi connectivity index (χ1) is 23.0. The van der Waals surface area contributed by atoms with Crippen molar-refractivity contribution < 1.29 is 19.8 Å². The van der Waals surface area contributed by atoms with Crippen molar-refractivity contribution >= 4 is 17.6 Å². The molecular formula is C42H63N3O4. The van der Waals surface area contributed by atoms with Crippen LogP contribution in [-0.4, -0.2) is 65.9 Å². The van der Waals surface area contributed by atoms with E-state index in [0.29, 0.717) is 54.8 Å². The number of amides is 2. The van der Waals surface area contributed by atoms with Crippen LogP contribution in [0.3, 0.4) is 0 Å². The van der Waals surface area contributed by atoms with Crippen molar-refractivity contribution in [2.24, 2.45) is 51.2 Å². The third kappa shape index (κ3) is 5.70. The molecule has 7 heteroatoms. The molecule has 5 aliphatic rings. The third-order valence-corrected chi connectivity index (χ3v) is 15.7. The molecule has 0 spiro atoms. The van der Waals surface area contributed by atoms with Gasteiger partial charge in [-0.05, 0) is 146 Å². The zero-order valence-corrected chi connectivity index (χ0v) is 31.3. The molecule has 49 heavy (non-hydrogen) atoms. The van der Waals surface area contributed by atoms with Crippen molar-refractivity contribution in [2.45, 2.75) is 105 Å². The molecule has 5 aliphatic carbocycles. The summed E-state index contributed by atoms with van der Waals surface area (Å²) in [5.41, 5.74) is 4.51. The highest BCUT2D eigenvalue weighted by Gasteiger charge is 2.70. The molecule has 1 aromatic carbocycles. The van der Waals surface area contributed by atoms with Crippen LogP contribution in [0.4, 0.5) is 4.79 Å². The van der Waals surface area contributed by atoms with E-state index >= 15 is 0 Å². The van der Waals surface area contributed by atoms with Crippen LogP contribution in [0.2, 0.25) is 0 Å². The third-order valence-electron chi connectivity index (χ3n) is 15.7. The number of rotatable bonds is 9. The molecule has 4 saturated carbocycles. The van der Waals surface area contributed by atoms with Crippen molar-refractivity contribution in [3.8, 4) is 0 Å². The summed E-state index contributed by atoms with van der Waals surface area (Å²) in [6, 6.07) is 7.48. The molecule has 0 unspecified atom stereocenters. The normalized spacial score (nSPS) is 39.1. The average Bonchev–Trinajstić information content (AvgIpc) is 3.41. The second-order valence-corrected chi connectivity index (χ2v) is 18.2. The fourth-order valence-electron chi connectivity index (χ4n) is 13.2. The topological polar surface area (TPSA) is 102 Å². The van der Waals surface area contributed by atoms with E-state index in [1.54, 1.807) is 12.1 Å². The van der Waals surface area contributed by atoms with Gasteiger partial charge in [0.15, 0.2) is 0 Å². The number of allylic oxidation sites excluding steroid dienone is 3. The Labute approximate surface area is 295 Å². The lowest BCUT2D eigenvalue weighted by Crippen LogP contribution is -2.68. The van der Waals surface area contributed by atoms with E-state index in [9.17, 15) is 19.8 Å². The van der Waals surface area contributed by atoms with E-state index in [2.05, 4.69) is 64.8 Å². The molecular weight excluding hydrogens is 610 g/mol. The Balaban J connectivity index is 1.27. The minimum atomic E-state index is -0.879. The fraction of sp³-hybridized carbons (Fsp3) is 0.714. The Bertz CT molecular complexity index is 1480. The molecule has 9 atom stereocenters. The van der Waals surface area contributed by atoms with Gasteiger partial charge in [0.1, 0.15) is 0 Å². The summed E-state index contributed by atoms with van der Waals surface area (Å²) in [5, 5.41) is 25.5. The number of carboxylic acids is 1. The number of aliphatic hydroxyl groups excluding tert-OH is 1. The van der Waals surface area contributed by atoms with Crippen LogP contribution in [0.15, 0.2) is 42.5 Å². The first-order valence-corrected chi connectivity index (χ1v) is 19.1. The summed E-state index contributed by atoms with van der Waals surface area (Å²) in [7, 11) is 1.97. The van der Waals surface area contributed by atoms with E-state index in [1.165, 1.54) is 36.8 Å². The number of hydrogen-bond acceptors (Lipinski definition) is 4. The highest BCUT2D eigenvalue weighted by Crippen LogP contribution is 2.76. The monoisotopic (exact) mass is 673 g/mol. The van der Waals surface area contributed by atoms with Gasteiger partial charge in [-0.1, -0.05) is 65.0 Å². The van der Waals surface area contributed by atoms with E-state index in [4.69, 9.17) is 0 Å². The van der Waals surface area contributed by atoms with Crippen molar-refractivity contribution in [3.63, 3.8) is 0 Å². The largest absolute Gasteiger partial charge is 0.478 e. The minimum Gasteiger partial charge on any atom is -0.478 e. The van der Waals surface area contributed by atoms with Gasteiger partial charge in [-0.2, -0.15) is 0 Å². The highest BCUT2D eigenvalue weighted by atomic mass is 16.4. The molecule has 4 fully saturated rings. The van der Waals surface area contributed by atoms with Gasteiger partial charge < -0.3 is 25.7 Å². The number of nitrogens with one attached hydrogen (secondary N) is 2. The predicted octanol–water partition coefficient (Wildman–Crippen LogP) is 8.01. The number of urea groups is 1. The van der Waals surface area contributed by atoms with E-state index in [1.807, 2.05) is 24.1 Å². The summed E-state index contributed by atoms with van der Waals surface area (Å²) in [6.45, 7) is 21.5. The van der Waals surface area contributed by atoms with Crippen molar-refractivity contribution in [1.82, 2.24) is 15.5 Å². The maximum atomic E-state index is 13.5. The Morgan fingerprint density at radius 2 is 1.63 bits per heavy atom. The lowest BCUT2D eigenvalue weighted by molar-refractivity contribution is -0.218. The molecule has 0 heterocycles. The maximum Gasteiger partial charge on any atom is 0.335 e. The summed E-state index contributed by atoms with van der Waals surface area (Å²) in [4.78, 5) is 27.1. The molecule has 0 radical (unpaired) electrons. The van der Waals surface area contributed by atoms with Gasteiger partial charge in [0.25, 0.3) is 0 Å². The smallest absolute Gasteiger partial charge is 0.335 e. The number of aromatic carboxylic acids is 1. The lowest BCUT2D eigenvalue weighted by Gasteiger charge is -2.72. The van der Waals surface area contributed by atoms with E-state index in [0.717, 1.165) is 37.7 Å². The van der Waals surface area contributed by atoms with E-state index < -0.39 is 5.97 Å². The molecule has 7 nitrogen and oxygen atoms in total. The van der Waals surface area contributed by atoms with Crippen molar-refractivity contribution in [2.75, 3.05) is 33.3 Å². The molecule has 1 aromatic rings. The van der Waals surface area contributed by atoms with Crippen LogP contribution in [0.1, 0.15) is 115 Å². The summed E-state index contributed by atoms with van der Waals surface area (Å²) < 4.78 is 0. The van der Waals surface area contributed by atoms with Crippen molar-refractivity contribution in [3.05, 3.63) is 53.6 Å². The molecule has 2 amide bonds. The molecule has 270 valence electrons. The van der Waals surface area contributed by atoms with Gasteiger partial charge in [0.05, 0.1) is 12.2 Å². The number of aliphatic hydroxyl groups is 1. The number of carbonyl (C=O) groups is 2. The molecule has 0 saturated heterocycles. The van der Waals surface area contributed by atoms with Crippen LogP contribution in [0.25, 0.3) is 5.57 Å². The molecule has 6 rings (SSSR count). The summed E-state index contributed by atoms with van der Waals surface area (Å²) in [6.07, 6.45) is 12.7. The van der Waals surface area contributed by atoms with E-state index in [-0.39, 0.29) is 39.8 Å². The predicted molar refractivity (Wildman–Crippen MR) is 197 cm³/mol. The van der Waals surface area contributed by atoms with Gasteiger partial charge in [-0.3, -0.25) is 0 Å². The van der Waals surface area contributed by atoms with Gasteiger partial charge >= 0.3 is 12.0 Å². The Kier molecular flexibility index (Phi) is 9.48. The SMILES string of the molecule is C=C(C)[C@@H]1CC[C@]2(NC(=O)NCCN(C)CCO)CC[C@]3(C)[C@H](CC[C@@H]4[C@@]5(C)CC=C(c6ccc(C(=O)O)cc6)C(C)(C)[C@@H]5CC[C@]43C)[C@@H]12. The summed E-state index contributed by atoms with van der Waals surface area (Å²) >= 11 is 0. The first-order valence-electron chi connectivity index (χ1n) is 19.1. The molecule has 0 aliphatic heterocycles. The zero-order chi connectivity index (χ0) is 35.6. The number of hydrogen-bond donors (Lipinski definition) is 4. The first kappa shape index (κ1) is 36.2. The average molecular weight is 674 g/mol. The number of carboxylic acid groups (broad SMARTS) is 1. The minimum absolute atomic E-state index is 0.0147. The second kappa shape index (κ2) is 12.8. The van der Waals surface area contributed by atoms with Crippen LogP contribution in [0.5, 0.6) is 0 Å². The van der Waals surface area contributed by atoms with Crippen LogP contribution < -0.4 is 10.6 Å². The summed E-state index contributed by atoms with van der Waals surface area (Å²) in [5.74, 6) is 1.67.